The fourth-order valence-electron chi connectivity index (χ4n) is 2.21. The van der Waals surface area contributed by atoms with Crippen LogP contribution in [0.1, 0.15) is 13.8 Å². The molecular formula is C18H25ClN4O4S. The highest BCUT2D eigenvalue weighted by molar-refractivity contribution is 7.14. The number of hydrogen-bond donors (Lipinski definition) is 3. The summed E-state index contributed by atoms with van der Waals surface area (Å²) in [6.45, 7) is 3.52. The van der Waals surface area contributed by atoms with Crippen LogP contribution in [0.3, 0.4) is 0 Å². The van der Waals surface area contributed by atoms with Gasteiger partial charge in [-0.1, -0.05) is 13.8 Å². The van der Waals surface area contributed by atoms with Crippen LogP contribution in [-0.4, -0.2) is 43.6 Å². The average molecular weight is 429 g/mol. The Morgan fingerprint density at radius 2 is 1.89 bits per heavy atom. The van der Waals surface area contributed by atoms with E-state index in [0.29, 0.717) is 22.3 Å². The number of halogens is 1. The summed E-state index contributed by atoms with van der Waals surface area (Å²) in [7, 11) is 3.13. The van der Waals surface area contributed by atoms with Crippen LogP contribution in [0.5, 0.6) is 11.5 Å². The molecule has 4 N–H and O–H groups in total. The van der Waals surface area contributed by atoms with Gasteiger partial charge in [0.1, 0.15) is 0 Å². The lowest BCUT2D eigenvalue weighted by atomic mass is 10.1. The highest BCUT2D eigenvalue weighted by Gasteiger charge is 2.18. The molecule has 0 unspecified atom stereocenters. The summed E-state index contributed by atoms with van der Waals surface area (Å²) in [4.78, 5) is 28.2. The van der Waals surface area contributed by atoms with Crippen LogP contribution in [0, 0.1) is 5.92 Å². The van der Waals surface area contributed by atoms with Crippen LogP contribution in [0.2, 0.25) is 0 Å². The molecule has 0 aliphatic carbocycles. The smallest absolute Gasteiger partial charge is 0.245 e. The summed E-state index contributed by atoms with van der Waals surface area (Å²) in [6.07, 6.45) is 0. The van der Waals surface area contributed by atoms with E-state index in [2.05, 4.69) is 15.6 Å². The molecule has 0 bridgehead atoms. The van der Waals surface area contributed by atoms with Crippen molar-refractivity contribution in [3.05, 3.63) is 23.6 Å². The molecule has 10 heteroatoms. The summed E-state index contributed by atoms with van der Waals surface area (Å²) >= 11 is 1.29. The Balaban J connectivity index is 0.00000392. The van der Waals surface area contributed by atoms with Crippen LogP contribution < -0.4 is 25.8 Å². The molecule has 0 spiro atoms. The minimum Gasteiger partial charge on any atom is -0.493 e. The number of ether oxygens (including phenoxy) is 2. The second-order valence-corrected chi connectivity index (χ2v) is 7.00. The van der Waals surface area contributed by atoms with Gasteiger partial charge in [-0.2, -0.15) is 0 Å². The van der Waals surface area contributed by atoms with Crippen molar-refractivity contribution in [1.82, 2.24) is 10.3 Å². The van der Waals surface area contributed by atoms with Crippen molar-refractivity contribution in [2.24, 2.45) is 11.7 Å². The Morgan fingerprint density at radius 3 is 2.50 bits per heavy atom. The molecule has 0 aliphatic rings. The predicted molar refractivity (Wildman–Crippen MR) is 112 cm³/mol. The van der Waals surface area contributed by atoms with Crippen molar-refractivity contribution in [2.75, 3.05) is 26.1 Å². The van der Waals surface area contributed by atoms with Gasteiger partial charge in [-0.05, 0) is 24.1 Å². The van der Waals surface area contributed by atoms with Gasteiger partial charge in [-0.15, -0.1) is 23.7 Å². The van der Waals surface area contributed by atoms with Gasteiger partial charge in [-0.3, -0.25) is 9.59 Å². The van der Waals surface area contributed by atoms with E-state index in [1.165, 1.54) is 11.3 Å². The van der Waals surface area contributed by atoms with Crippen LogP contribution in [-0.2, 0) is 9.59 Å². The molecule has 0 radical (unpaired) electrons. The third-order valence-electron chi connectivity index (χ3n) is 3.87. The van der Waals surface area contributed by atoms with Gasteiger partial charge in [0.15, 0.2) is 16.6 Å². The second kappa shape index (κ2) is 10.8. The number of nitrogens with two attached hydrogens (primary N) is 1. The number of carbonyl (C=O) groups is 2. The number of rotatable bonds is 8. The highest BCUT2D eigenvalue weighted by atomic mass is 35.5. The standard InChI is InChI=1S/C18H24N4O4S.ClH/c1-10(2)16(19)17(24)20-8-15(23)22-18-21-12(9-27-18)11-5-6-13(25-3)14(7-11)26-4;/h5-7,9-10,16H,8,19H2,1-4H3,(H,20,24)(H,21,22,23);1H/t16-;/m0./s1. The van der Waals surface area contributed by atoms with E-state index in [1.54, 1.807) is 20.3 Å². The van der Waals surface area contributed by atoms with Gasteiger partial charge in [-0.25, -0.2) is 4.98 Å². The minimum atomic E-state index is -0.644. The van der Waals surface area contributed by atoms with Crippen molar-refractivity contribution >= 4 is 40.7 Å². The average Bonchev–Trinajstić information content (AvgIpc) is 3.13. The third kappa shape index (κ3) is 6.08. The second-order valence-electron chi connectivity index (χ2n) is 6.14. The molecule has 1 aromatic heterocycles. The van der Waals surface area contributed by atoms with E-state index < -0.39 is 6.04 Å². The van der Waals surface area contributed by atoms with Gasteiger partial charge < -0.3 is 25.8 Å². The molecule has 28 heavy (non-hydrogen) atoms. The molecule has 2 aromatic rings. The fraction of sp³-hybridized carbons (Fsp3) is 0.389. The van der Waals surface area contributed by atoms with E-state index in [1.807, 2.05) is 31.4 Å². The lowest BCUT2D eigenvalue weighted by molar-refractivity contribution is -0.125. The summed E-state index contributed by atoms with van der Waals surface area (Å²) in [5.74, 6) is 0.493. The number of anilines is 1. The maximum Gasteiger partial charge on any atom is 0.245 e. The molecule has 2 amide bonds. The molecular weight excluding hydrogens is 404 g/mol. The zero-order valence-corrected chi connectivity index (χ0v) is 17.8. The molecule has 0 aliphatic heterocycles. The Hall–Kier alpha value is -2.36. The van der Waals surface area contributed by atoms with E-state index in [4.69, 9.17) is 15.2 Å². The number of methoxy groups -OCH3 is 2. The number of benzene rings is 1. The third-order valence-corrected chi connectivity index (χ3v) is 4.63. The Bertz CT molecular complexity index is 813. The van der Waals surface area contributed by atoms with Crippen molar-refractivity contribution < 1.29 is 19.1 Å². The normalized spacial score (nSPS) is 11.4. The lowest BCUT2D eigenvalue weighted by Gasteiger charge is -2.14. The number of thiazole rings is 1. The van der Waals surface area contributed by atoms with E-state index in [9.17, 15) is 9.59 Å². The molecule has 154 valence electrons. The first-order valence-electron chi connectivity index (χ1n) is 8.36. The maximum atomic E-state index is 12.0. The topological polar surface area (TPSA) is 116 Å². The fourth-order valence-corrected chi connectivity index (χ4v) is 2.95. The molecule has 0 fully saturated rings. The summed E-state index contributed by atoms with van der Waals surface area (Å²) in [5.41, 5.74) is 7.27. The van der Waals surface area contributed by atoms with Gasteiger partial charge in [0, 0.05) is 10.9 Å². The first kappa shape index (κ1) is 23.7. The zero-order chi connectivity index (χ0) is 20.0. The molecule has 1 aromatic carbocycles. The predicted octanol–water partition coefficient (Wildman–Crippen LogP) is 2.29. The van der Waals surface area contributed by atoms with E-state index >= 15 is 0 Å². The SMILES string of the molecule is COc1ccc(-c2csc(NC(=O)CNC(=O)[C@@H](N)C(C)C)n2)cc1OC.Cl. The number of nitrogens with zero attached hydrogens (tertiary/aromatic N) is 1. The van der Waals surface area contributed by atoms with Crippen molar-refractivity contribution in [3.8, 4) is 22.8 Å². The molecule has 1 heterocycles. The zero-order valence-electron chi connectivity index (χ0n) is 16.1. The number of hydrogen-bond acceptors (Lipinski definition) is 7. The molecule has 1 atom stereocenters. The molecule has 0 saturated heterocycles. The summed E-state index contributed by atoms with van der Waals surface area (Å²) in [6, 6.07) is 4.82. The van der Waals surface area contributed by atoms with Crippen molar-refractivity contribution in [2.45, 2.75) is 19.9 Å². The number of carbonyl (C=O) groups excluding carboxylic acids is 2. The van der Waals surface area contributed by atoms with Gasteiger partial charge in [0.2, 0.25) is 11.8 Å². The van der Waals surface area contributed by atoms with Crippen LogP contribution >= 0.6 is 23.7 Å². The van der Waals surface area contributed by atoms with Gasteiger partial charge in [0.25, 0.3) is 0 Å². The minimum absolute atomic E-state index is 0. The van der Waals surface area contributed by atoms with Crippen LogP contribution in [0.25, 0.3) is 11.3 Å². The summed E-state index contributed by atoms with van der Waals surface area (Å²) < 4.78 is 10.5. The van der Waals surface area contributed by atoms with Crippen LogP contribution in [0.15, 0.2) is 23.6 Å². The Morgan fingerprint density at radius 1 is 1.21 bits per heavy atom. The number of aromatic nitrogens is 1. The monoisotopic (exact) mass is 428 g/mol. The maximum absolute atomic E-state index is 12.0. The Kier molecular flexibility index (Phi) is 9.17. The molecule has 2 rings (SSSR count). The van der Waals surface area contributed by atoms with Crippen molar-refractivity contribution in [1.29, 1.82) is 0 Å². The summed E-state index contributed by atoms with van der Waals surface area (Å²) in [5, 5.41) is 7.44. The lowest BCUT2D eigenvalue weighted by Crippen LogP contribution is -2.46. The first-order valence-corrected chi connectivity index (χ1v) is 9.24. The quantitative estimate of drug-likeness (QED) is 0.594. The molecule has 8 nitrogen and oxygen atoms in total. The highest BCUT2D eigenvalue weighted by Crippen LogP contribution is 2.33. The van der Waals surface area contributed by atoms with E-state index in [-0.39, 0.29) is 36.7 Å². The Labute approximate surface area is 174 Å². The van der Waals surface area contributed by atoms with Crippen molar-refractivity contribution in [3.63, 3.8) is 0 Å². The first-order chi connectivity index (χ1) is 12.8. The van der Waals surface area contributed by atoms with Gasteiger partial charge >= 0.3 is 0 Å². The van der Waals surface area contributed by atoms with Gasteiger partial charge in [0.05, 0.1) is 32.5 Å². The molecule has 0 saturated carbocycles. The van der Waals surface area contributed by atoms with Crippen LogP contribution in [0.4, 0.5) is 5.13 Å². The number of nitrogens with one attached hydrogen (secondary N) is 2. The number of amides is 2. The largest absolute Gasteiger partial charge is 0.493 e. The van der Waals surface area contributed by atoms with E-state index in [0.717, 1.165) is 5.56 Å².